The van der Waals surface area contributed by atoms with E-state index >= 15 is 0 Å². The maximum absolute atomic E-state index is 13.5. The van der Waals surface area contributed by atoms with Crippen molar-refractivity contribution in [2.75, 3.05) is 11.4 Å². The van der Waals surface area contributed by atoms with Crippen molar-refractivity contribution in [2.24, 2.45) is 0 Å². The summed E-state index contributed by atoms with van der Waals surface area (Å²) in [5, 5.41) is 0.550. The molecular formula is C18H17ClFNO. The number of amides is 1. The van der Waals surface area contributed by atoms with E-state index in [9.17, 15) is 9.18 Å². The fraction of sp³-hybridized carbons (Fsp3) is 0.278. The van der Waals surface area contributed by atoms with E-state index in [4.69, 9.17) is 11.6 Å². The Hall–Kier alpha value is -1.87. The van der Waals surface area contributed by atoms with E-state index in [1.165, 1.54) is 6.07 Å². The average Bonchev–Trinajstić information content (AvgIpc) is 2.83. The lowest BCUT2D eigenvalue weighted by Crippen LogP contribution is -2.29. The summed E-state index contributed by atoms with van der Waals surface area (Å²) in [7, 11) is 0. The lowest BCUT2D eigenvalue weighted by molar-refractivity contribution is 0.0988. The Morgan fingerprint density at radius 1 is 1.32 bits per heavy atom. The van der Waals surface area contributed by atoms with E-state index in [-0.39, 0.29) is 17.6 Å². The van der Waals surface area contributed by atoms with Crippen LogP contribution in [0.25, 0.3) is 0 Å². The topological polar surface area (TPSA) is 20.3 Å². The summed E-state index contributed by atoms with van der Waals surface area (Å²) in [4.78, 5) is 14.6. The second kappa shape index (κ2) is 5.73. The molecule has 1 aliphatic rings. The molecule has 3 rings (SSSR count). The summed E-state index contributed by atoms with van der Waals surface area (Å²) in [5.74, 6) is -0.172. The highest BCUT2D eigenvalue weighted by Crippen LogP contribution is 2.39. The predicted octanol–water partition coefficient (Wildman–Crippen LogP) is 4.94. The summed E-state index contributed by atoms with van der Waals surface area (Å²) in [5.41, 5.74) is 3.23. The van der Waals surface area contributed by atoms with E-state index in [1.54, 1.807) is 23.1 Å². The second-order valence-electron chi connectivity index (χ2n) is 5.74. The standard InChI is InChI=1S/C18H17ClFNO/c1-3-12-10-21(17-5-4-15(20)9-16(12)17)18(22)13-6-11(2)7-14(19)8-13/h4-9,12H,3,10H2,1-2H3. The Kier molecular flexibility index (Phi) is 3.92. The zero-order valence-corrected chi connectivity index (χ0v) is 13.3. The Bertz CT molecular complexity index is 724. The lowest BCUT2D eigenvalue weighted by atomic mass is 9.99. The van der Waals surface area contributed by atoms with Crippen LogP contribution < -0.4 is 4.90 Å². The molecule has 1 amide bonds. The molecule has 1 atom stereocenters. The zero-order valence-electron chi connectivity index (χ0n) is 12.6. The van der Waals surface area contributed by atoms with Gasteiger partial charge in [0.25, 0.3) is 5.91 Å². The van der Waals surface area contributed by atoms with Crippen LogP contribution in [0.2, 0.25) is 5.02 Å². The first kappa shape index (κ1) is 15.0. The molecule has 0 saturated heterocycles. The van der Waals surface area contributed by atoms with E-state index in [1.807, 2.05) is 19.1 Å². The third-order valence-electron chi connectivity index (χ3n) is 4.15. The van der Waals surface area contributed by atoms with Gasteiger partial charge in [0.2, 0.25) is 0 Å². The van der Waals surface area contributed by atoms with Gasteiger partial charge in [0.15, 0.2) is 0 Å². The van der Waals surface area contributed by atoms with Gasteiger partial charge in [0.05, 0.1) is 0 Å². The molecule has 0 N–H and O–H groups in total. The van der Waals surface area contributed by atoms with Crippen molar-refractivity contribution >= 4 is 23.2 Å². The normalized spacial score (nSPS) is 16.7. The number of halogens is 2. The molecule has 0 aromatic heterocycles. The van der Waals surface area contributed by atoms with Crippen molar-refractivity contribution in [1.29, 1.82) is 0 Å². The monoisotopic (exact) mass is 317 g/mol. The number of rotatable bonds is 2. The molecule has 1 aliphatic heterocycles. The van der Waals surface area contributed by atoms with Crippen LogP contribution in [-0.4, -0.2) is 12.5 Å². The number of hydrogen-bond acceptors (Lipinski definition) is 1. The molecule has 0 bridgehead atoms. The molecule has 0 radical (unpaired) electrons. The van der Waals surface area contributed by atoms with Crippen LogP contribution in [-0.2, 0) is 0 Å². The van der Waals surface area contributed by atoms with Crippen molar-refractivity contribution in [1.82, 2.24) is 0 Å². The van der Waals surface area contributed by atoms with E-state index in [0.717, 1.165) is 23.2 Å². The summed E-state index contributed by atoms with van der Waals surface area (Å²) in [6.45, 7) is 4.54. The van der Waals surface area contributed by atoms with Crippen molar-refractivity contribution < 1.29 is 9.18 Å². The molecule has 4 heteroatoms. The Labute approximate surface area is 134 Å². The molecule has 1 unspecified atom stereocenters. The fourth-order valence-electron chi connectivity index (χ4n) is 3.07. The minimum absolute atomic E-state index is 0.0885. The van der Waals surface area contributed by atoms with Crippen LogP contribution in [0.15, 0.2) is 36.4 Å². The number of aryl methyl sites for hydroxylation is 1. The van der Waals surface area contributed by atoms with Gasteiger partial charge in [-0.15, -0.1) is 0 Å². The number of nitrogens with zero attached hydrogens (tertiary/aromatic N) is 1. The first-order valence-electron chi connectivity index (χ1n) is 7.38. The number of fused-ring (bicyclic) bond motifs is 1. The van der Waals surface area contributed by atoms with Gasteiger partial charge in [-0.2, -0.15) is 0 Å². The Balaban J connectivity index is 2.01. The predicted molar refractivity (Wildman–Crippen MR) is 87.3 cm³/mol. The van der Waals surface area contributed by atoms with Gasteiger partial charge in [0, 0.05) is 28.7 Å². The first-order chi connectivity index (χ1) is 10.5. The van der Waals surface area contributed by atoms with Crippen molar-refractivity contribution in [3.8, 4) is 0 Å². The van der Waals surface area contributed by atoms with Gasteiger partial charge in [-0.3, -0.25) is 4.79 Å². The van der Waals surface area contributed by atoms with Gasteiger partial charge in [0.1, 0.15) is 5.82 Å². The van der Waals surface area contributed by atoms with Gasteiger partial charge < -0.3 is 4.90 Å². The number of hydrogen-bond donors (Lipinski definition) is 0. The first-order valence-corrected chi connectivity index (χ1v) is 7.76. The third kappa shape index (κ3) is 2.61. The van der Waals surface area contributed by atoms with Crippen LogP contribution >= 0.6 is 11.6 Å². The molecule has 1 heterocycles. The highest BCUT2D eigenvalue weighted by atomic mass is 35.5. The number of benzene rings is 2. The Morgan fingerprint density at radius 2 is 2.09 bits per heavy atom. The van der Waals surface area contributed by atoms with Crippen LogP contribution in [0, 0.1) is 12.7 Å². The van der Waals surface area contributed by atoms with Crippen molar-refractivity contribution in [2.45, 2.75) is 26.2 Å². The molecule has 2 aromatic carbocycles. The molecular weight excluding hydrogens is 301 g/mol. The van der Waals surface area contributed by atoms with Gasteiger partial charge >= 0.3 is 0 Å². The molecule has 22 heavy (non-hydrogen) atoms. The molecule has 114 valence electrons. The van der Waals surface area contributed by atoms with E-state index in [0.29, 0.717) is 17.1 Å². The summed E-state index contributed by atoms with van der Waals surface area (Å²) in [6, 6.07) is 9.96. The van der Waals surface area contributed by atoms with Crippen molar-refractivity contribution in [3.05, 3.63) is 63.9 Å². The van der Waals surface area contributed by atoms with Crippen LogP contribution in [0.3, 0.4) is 0 Å². The minimum Gasteiger partial charge on any atom is -0.307 e. The number of carbonyl (C=O) groups excluding carboxylic acids is 1. The maximum atomic E-state index is 13.5. The summed E-state index contributed by atoms with van der Waals surface area (Å²) >= 11 is 6.06. The lowest BCUT2D eigenvalue weighted by Gasteiger charge is -2.18. The van der Waals surface area contributed by atoms with Crippen LogP contribution in [0.1, 0.15) is 40.7 Å². The maximum Gasteiger partial charge on any atom is 0.258 e. The molecule has 0 fully saturated rings. The average molecular weight is 318 g/mol. The highest BCUT2D eigenvalue weighted by molar-refractivity contribution is 6.31. The Morgan fingerprint density at radius 3 is 2.77 bits per heavy atom. The molecule has 2 aromatic rings. The van der Waals surface area contributed by atoms with Crippen molar-refractivity contribution in [3.63, 3.8) is 0 Å². The summed E-state index contributed by atoms with van der Waals surface area (Å²) in [6.07, 6.45) is 0.870. The molecule has 0 aliphatic carbocycles. The second-order valence-corrected chi connectivity index (χ2v) is 6.18. The van der Waals surface area contributed by atoms with E-state index < -0.39 is 0 Å². The van der Waals surface area contributed by atoms with Crippen LogP contribution in [0.4, 0.5) is 10.1 Å². The highest BCUT2D eigenvalue weighted by Gasteiger charge is 2.32. The largest absolute Gasteiger partial charge is 0.307 e. The zero-order chi connectivity index (χ0) is 15.9. The summed E-state index contributed by atoms with van der Waals surface area (Å²) < 4.78 is 13.5. The molecule has 0 saturated carbocycles. The SMILES string of the molecule is CCC1CN(C(=O)c2cc(C)cc(Cl)c2)c2ccc(F)cc21. The van der Waals surface area contributed by atoms with Crippen LogP contribution in [0.5, 0.6) is 0 Å². The van der Waals surface area contributed by atoms with Gasteiger partial charge in [-0.25, -0.2) is 4.39 Å². The van der Waals surface area contributed by atoms with Gasteiger partial charge in [-0.05, 0) is 60.9 Å². The molecule has 0 spiro atoms. The molecule has 2 nitrogen and oxygen atoms in total. The van der Waals surface area contributed by atoms with Gasteiger partial charge in [-0.1, -0.05) is 18.5 Å². The minimum atomic E-state index is -0.259. The smallest absolute Gasteiger partial charge is 0.258 e. The van der Waals surface area contributed by atoms with E-state index in [2.05, 4.69) is 6.92 Å². The fourth-order valence-corrected chi connectivity index (χ4v) is 3.36. The number of anilines is 1. The third-order valence-corrected chi connectivity index (χ3v) is 4.37. The number of carbonyl (C=O) groups is 1. The quantitative estimate of drug-likeness (QED) is 0.768.